The molecule has 0 radical (unpaired) electrons. The third kappa shape index (κ3) is 10.7. The lowest BCUT2D eigenvalue weighted by Crippen LogP contribution is -2.23. The number of halogens is 1. The van der Waals surface area contributed by atoms with Crippen LogP contribution >= 0.6 is 0 Å². The van der Waals surface area contributed by atoms with E-state index in [2.05, 4.69) is 30.0 Å². The highest BCUT2D eigenvalue weighted by atomic mass is 19.1. The number of likely N-dealkylation sites (N-methyl/N-ethyl adjacent to an activating group) is 1. The van der Waals surface area contributed by atoms with Crippen LogP contribution in [0.2, 0.25) is 0 Å². The number of aromatic nitrogens is 1. The fourth-order valence-electron chi connectivity index (χ4n) is 2.56. The maximum atomic E-state index is 15.2. The van der Waals surface area contributed by atoms with Crippen molar-refractivity contribution in [3.8, 4) is 5.88 Å². The first-order valence-electron chi connectivity index (χ1n) is 10.8. The Bertz CT molecular complexity index is 724. The van der Waals surface area contributed by atoms with E-state index in [0.29, 0.717) is 31.1 Å². The zero-order valence-electron chi connectivity index (χ0n) is 20.6. The quantitative estimate of drug-likeness (QED) is 0.294. The molecule has 0 bridgehead atoms. The minimum atomic E-state index is -0.451. The fraction of sp³-hybridized carbons (Fsp3) is 0.423. The molecule has 0 fully saturated rings. The standard InChI is InChI=1S/C22H32FN3O.C2H6.C2H4/c1-7-12-18(11-5)16-26(6)21-19(24-14-17(9-3)10-4)15-25-22(20(21)23)27-13-8-2;2*1-2/h7,9-12,15,24H,3,8,13-14,16H2,1-2,4-6H3;1-2H3;1-2H2/b12-7-,17-10+,18-11+;;. The molecule has 31 heavy (non-hydrogen) atoms. The molecule has 0 spiro atoms. The summed E-state index contributed by atoms with van der Waals surface area (Å²) in [6, 6.07) is 0. The fourth-order valence-corrected chi connectivity index (χ4v) is 2.56. The van der Waals surface area contributed by atoms with E-state index >= 15 is 4.39 Å². The van der Waals surface area contributed by atoms with Crippen molar-refractivity contribution in [2.75, 3.05) is 37.0 Å². The van der Waals surface area contributed by atoms with Crippen LogP contribution in [-0.2, 0) is 0 Å². The van der Waals surface area contributed by atoms with Crippen LogP contribution < -0.4 is 15.0 Å². The number of allylic oxidation sites excluding steroid dienone is 3. The zero-order valence-corrected chi connectivity index (χ0v) is 20.6. The van der Waals surface area contributed by atoms with E-state index in [4.69, 9.17) is 4.74 Å². The summed E-state index contributed by atoms with van der Waals surface area (Å²) in [5.74, 6) is -0.417. The molecular weight excluding hydrogens is 389 g/mol. The molecule has 0 atom stereocenters. The third-order valence-corrected chi connectivity index (χ3v) is 4.07. The maximum Gasteiger partial charge on any atom is 0.252 e. The number of rotatable bonds is 11. The predicted octanol–water partition coefficient (Wildman–Crippen LogP) is 7.34. The van der Waals surface area contributed by atoms with Crippen LogP contribution in [0.25, 0.3) is 0 Å². The van der Waals surface area contributed by atoms with Crippen molar-refractivity contribution < 1.29 is 9.13 Å². The molecule has 0 aliphatic rings. The van der Waals surface area contributed by atoms with Gasteiger partial charge in [-0.1, -0.05) is 57.7 Å². The van der Waals surface area contributed by atoms with Gasteiger partial charge in [0.2, 0.25) is 5.82 Å². The molecule has 4 nitrogen and oxygen atoms in total. The molecule has 0 amide bonds. The van der Waals surface area contributed by atoms with Crippen LogP contribution in [0, 0.1) is 5.82 Å². The van der Waals surface area contributed by atoms with Gasteiger partial charge in [-0.15, -0.1) is 13.2 Å². The molecule has 0 unspecified atom stereocenters. The molecule has 1 rings (SSSR count). The number of anilines is 2. The molecule has 1 aromatic rings. The monoisotopic (exact) mass is 431 g/mol. The average molecular weight is 432 g/mol. The zero-order chi connectivity index (χ0) is 24.2. The Balaban J connectivity index is 0. The highest BCUT2D eigenvalue weighted by Crippen LogP contribution is 2.33. The summed E-state index contributed by atoms with van der Waals surface area (Å²) in [5.41, 5.74) is 3.19. The highest BCUT2D eigenvalue weighted by Gasteiger charge is 2.20. The number of pyridine rings is 1. The van der Waals surface area contributed by atoms with Gasteiger partial charge < -0.3 is 15.0 Å². The van der Waals surface area contributed by atoms with Gasteiger partial charge in [0.1, 0.15) is 5.69 Å². The van der Waals surface area contributed by atoms with Gasteiger partial charge in [-0.3, -0.25) is 0 Å². The van der Waals surface area contributed by atoms with Crippen LogP contribution in [0.1, 0.15) is 48.0 Å². The Morgan fingerprint density at radius 3 is 2.29 bits per heavy atom. The average Bonchev–Trinajstić information content (AvgIpc) is 2.81. The van der Waals surface area contributed by atoms with Gasteiger partial charge in [0.15, 0.2) is 0 Å². The van der Waals surface area contributed by atoms with Gasteiger partial charge in [0.25, 0.3) is 5.88 Å². The van der Waals surface area contributed by atoms with Crippen molar-refractivity contribution in [3.63, 3.8) is 0 Å². The minimum absolute atomic E-state index is 0.0345. The van der Waals surface area contributed by atoms with Gasteiger partial charge >= 0.3 is 0 Å². The number of hydrogen-bond donors (Lipinski definition) is 1. The van der Waals surface area contributed by atoms with Gasteiger partial charge in [-0.25, -0.2) is 4.98 Å². The lowest BCUT2D eigenvalue weighted by Gasteiger charge is -2.25. The first-order valence-corrected chi connectivity index (χ1v) is 10.8. The molecule has 0 saturated heterocycles. The predicted molar refractivity (Wildman–Crippen MR) is 137 cm³/mol. The van der Waals surface area contributed by atoms with Gasteiger partial charge in [-0.05, 0) is 38.3 Å². The molecule has 1 N–H and O–H groups in total. The second-order valence-electron chi connectivity index (χ2n) is 6.13. The topological polar surface area (TPSA) is 37.4 Å². The Morgan fingerprint density at radius 1 is 1.19 bits per heavy atom. The summed E-state index contributed by atoms with van der Waals surface area (Å²) >= 11 is 0. The van der Waals surface area contributed by atoms with E-state index in [1.54, 1.807) is 12.3 Å². The third-order valence-electron chi connectivity index (χ3n) is 4.07. The van der Waals surface area contributed by atoms with Gasteiger partial charge in [0.05, 0.1) is 18.5 Å². The van der Waals surface area contributed by atoms with Crippen LogP contribution in [0.15, 0.2) is 67.5 Å². The van der Waals surface area contributed by atoms with E-state index < -0.39 is 5.82 Å². The summed E-state index contributed by atoms with van der Waals surface area (Å²) in [5, 5.41) is 3.27. The lowest BCUT2D eigenvalue weighted by molar-refractivity contribution is 0.289. The molecule has 1 aromatic heterocycles. The second-order valence-corrected chi connectivity index (χ2v) is 6.13. The number of nitrogens with one attached hydrogen (secondary N) is 1. The first kappa shape index (κ1) is 30.4. The summed E-state index contributed by atoms with van der Waals surface area (Å²) in [6.07, 6.45) is 12.2. The largest absolute Gasteiger partial charge is 0.476 e. The van der Waals surface area contributed by atoms with Gasteiger partial charge in [0, 0.05) is 20.1 Å². The van der Waals surface area contributed by atoms with Crippen molar-refractivity contribution >= 4 is 11.4 Å². The van der Waals surface area contributed by atoms with Crippen LogP contribution in [0.5, 0.6) is 5.88 Å². The summed E-state index contributed by atoms with van der Waals surface area (Å²) < 4.78 is 20.7. The number of ether oxygens (including phenoxy) is 1. The van der Waals surface area contributed by atoms with Crippen molar-refractivity contribution in [2.24, 2.45) is 0 Å². The molecule has 0 aliphatic heterocycles. The minimum Gasteiger partial charge on any atom is -0.476 e. The normalized spacial score (nSPS) is 11.1. The Labute approximate surface area is 189 Å². The van der Waals surface area contributed by atoms with E-state index in [-0.39, 0.29) is 5.88 Å². The van der Waals surface area contributed by atoms with Crippen LogP contribution in [0.4, 0.5) is 15.8 Å². The van der Waals surface area contributed by atoms with Crippen LogP contribution in [-0.4, -0.2) is 31.7 Å². The van der Waals surface area contributed by atoms with E-state index in [0.717, 1.165) is 17.6 Å². The summed E-state index contributed by atoms with van der Waals surface area (Å²) in [6.45, 7) is 23.2. The van der Waals surface area contributed by atoms with Crippen molar-refractivity contribution in [1.29, 1.82) is 0 Å². The molecular formula is C26H42FN3O. The SMILES string of the molecule is C=C.C=C/C(=C\C)CNc1cnc(OCCC)c(F)c1N(C)CC(/C=C\C)=C/C.CC. The molecule has 0 aliphatic carbocycles. The van der Waals surface area contributed by atoms with E-state index in [9.17, 15) is 0 Å². The molecule has 174 valence electrons. The number of nitrogens with zero attached hydrogens (tertiary/aromatic N) is 2. The maximum absolute atomic E-state index is 15.2. The molecule has 0 aromatic carbocycles. The molecule has 1 heterocycles. The smallest absolute Gasteiger partial charge is 0.252 e. The van der Waals surface area contributed by atoms with Crippen molar-refractivity contribution in [2.45, 2.75) is 48.0 Å². The van der Waals surface area contributed by atoms with Crippen molar-refractivity contribution in [3.05, 3.63) is 73.3 Å². The summed E-state index contributed by atoms with van der Waals surface area (Å²) in [7, 11) is 1.87. The van der Waals surface area contributed by atoms with Gasteiger partial charge in [-0.2, -0.15) is 4.39 Å². The van der Waals surface area contributed by atoms with E-state index in [1.165, 1.54) is 0 Å². The Kier molecular flexibility index (Phi) is 18.8. The summed E-state index contributed by atoms with van der Waals surface area (Å²) in [4.78, 5) is 6.04. The highest BCUT2D eigenvalue weighted by molar-refractivity contribution is 5.72. The Hall–Kier alpha value is -2.82. The molecule has 0 saturated carbocycles. The molecule has 5 heteroatoms. The Morgan fingerprint density at radius 2 is 1.81 bits per heavy atom. The van der Waals surface area contributed by atoms with E-state index in [1.807, 2.05) is 77.8 Å². The lowest BCUT2D eigenvalue weighted by atomic mass is 10.2. The van der Waals surface area contributed by atoms with Crippen LogP contribution in [0.3, 0.4) is 0 Å². The number of hydrogen-bond acceptors (Lipinski definition) is 4. The second kappa shape index (κ2) is 19.2. The van der Waals surface area contributed by atoms with Crippen molar-refractivity contribution in [1.82, 2.24) is 4.98 Å². The first-order chi connectivity index (χ1) is 15.0.